The Morgan fingerprint density at radius 1 is 1.05 bits per heavy atom. The van der Waals surface area contributed by atoms with Crippen LogP contribution >= 0.6 is 22.6 Å². The molecule has 0 fully saturated rings. The van der Waals surface area contributed by atoms with E-state index in [4.69, 9.17) is 0 Å². The molecule has 0 radical (unpaired) electrons. The zero-order valence-electron chi connectivity index (χ0n) is 11.8. The van der Waals surface area contributed by atoms with E-state index in [1.54, 1.807) is 6.92 Å². The Morgan fingerprint density at radius 2 is 1.73 bits per heavy atom. The maximum atomic E-state index is 12.4. The molecule has 1 amide bonds. The molecule has 0 aliphatic carbocycles. The van der Waals surface area contributed by atoms with Gasteiger partial charge in [0.25, 0.3) is 5.91 Å². The Morgan fingerprint density at radius 3 is 2.45 bits per heavy atom. The second kappa shape index (κ2) is 6.27. The molecule has 1 aromatic heterocycles. The Hall–Kier alpha value is -2.22. The number of hydrogen-bond acceptors (Lipinski definition) is 3. The van der Waals surface area contributed by atoms with Gasteiger partial charge in [-0.15, -0.1) is 5.10 Å². The molecule has 0 saturated carbocycles. The van der Waals surface area contributed by atoms with Gasteiger partial charge in [-0.05, 0) is 53.8 Å². The van der Waals surface area contributed by atoms with Crippen molar-refractivity contribution < 1.29 is 4.79 Å². The zero-order valence-corrected chi connectivity index (χ0v) is 14.0. The molecule has 1 heterocycles. The molecule has 5 nitrogen and oxygen atoms in total. The summed E-state index contributed by atoms with van der Waals surface area (Å²) in [6.07, 6.45) is 0. The molecular weight excluding hydrogens is 391 g/mol. The molecule has 6 heteroatoms. The Labute approximate surface area is 141 Å². The number of hydrogen-bond donors (Lipinski definition) is 1. The highest BCUT2D eigenvalue weighted by Gasteiger charge is 2.17. The van der Waals surface area contributed by atoms with Crippen LogP contribution in [0.4, 0.5) is 5.69 Å². The van der Waals surface area contributed by atoms with Gasteiger partial charge in [-0.3, -0.25) is 4.79 Å². The maximum absolute atomic E-state index is 12.4. The van der Waals surface area contributed by atoms with Crippen LogP contribution in [0.5, 0.6) is 0 Å². The first-order chi connectivity index (χ1) is 10.6. The topological polar surface area (TPSA) is 59.8 Å². The molecule has 3 aromatic rings. The number of rotatable bonds is 3. The number of carbonyl (C=O) groups is 1. The number of nitrogens with one attached hydrogen (secondary N) is 1. The van der Waals surface area contributed by atoms with Crippen molar-refractivity contribution in [2.45, 2.75) is 6.92 Å². The average Bonchev–Trinajstić information content (AvgIpc) is 2.92. The lowest BCUT2D eigenvalue weighted by atomic mass is 10.3. The molecule has 1 N–H and O–H groups in total. The quantitative estimate of drug-likeness (QED) is 0.681. The molecule has 2 aromatic carbocycles. The van der Waals surface area contributed by atoms with Crippen LogP contribution < -0.4 is 5.32 Å². The van der Waals surface area contributed by atoms with E-state index in [9.17, 15) is 4.79 Å². The van der Waals surface area contributed by atoms with Crippen LogP contribution in [0, 0.1) is 10.5 Å². The number of para-hydroxylation sites is 2. The zero-order chi connectivity index (χ0) is 15.5. The fourth-order valence-electron chi connectivity index (χ4n) is 2.01. The summed E-state index contributed by atoms with van der Waals surface area (Å²) in [6.45, 7) is 1.78. The number of amides is 1. The minimum absolute atomic E-state index is 0.260. The molecule has 0 aliphatic rings. The molecule has 0 atom stereocenters. The van der Waals surface area contributed by atoms with Crippen molar-refractivity contribution in [1.29, 1.82) is 0 Å². The van der Waals surface area contributed by atoms with Crippen LogP contribution in [-0.2, 0) is 0 Å². The third-order valence-corrected chi connectivity index (χ3v) is 4.05. The number of benzene rings is 2. The van der Waals surface area contributed by atoms with Crippen molar-refractivity contribution in [3.05, 3.63) is 69.6 Å². The van der Waals surface area contributed by atoms with Crippen LogP contribution in [0.25, 0.3) is 5.69 Å². The number of anilines is 1. The van der Waals surface area contributed by atoms with E-state index in [1.807, 2.05) is 54.6 Å². The predicted molar refractivity (Wildman–Crippen MR) is 93.2 cm³/mol. The molecule has 0 spiro atoms. The second-order valence-electron chi connectivity index (χ2n) is 4.69. The van der Waals surface area contributed by atoms with Crippen LogP contribution in [0.1, 0.15) is 16.2 Å². The van der Waals surface area contributed by atoms with E-state index in [1.165, 1.54) is 4.80 Å². The first-order valence-corrected chi connectivity index (χ1v) is 7.78. The lowest BCUT2D eigenvalue weighted by Crippen LogP contribution is -2.15. The minimum Gasteiger partial charge on any atom is -0.320 e. The van der Waals surface area contributed by atoms with Crippen LogP contribution in [0.3, 0.4) is 0 Å². The fourth-order valence-corrected chi connectivity index (χ4v) is 2.53. The molecule has 110 valence electrons. The Bertz CT molecular complexity index is 814. The minimum atomic E-state index is -0.260. The lowest BCUT2D eigenvalue weighted by molar-refractivity contribution is 0.102. The third-order valence-electron chi connectivity index (χ3n) is 3.11. The Balaban J connectivity index is 1.88. The summed E-state index contributed by atoms with van der Waals surface area (Å²) in [7, 11) is 0. The third kappa shape index (κ3) is 3.01. The molecule has 0 bridgehead atoms. The van der Waals surface area contributed by atoms with Gasteiger partial charge < -0.3 is 5.32 Å². The predicted octanol–water partition coefficient (Wildman–Crippen LogP) is 3.43. The maximum Gasteiger partial charge on any atom is 0.278 e. The molecular formula is C16H13IN4O. The van der Waals surface area contributed by atoms with Gasteiger partial charge in [-0.1, -0.05) is 30.3 Å². The standard InChI is InChI=1S/C16H13IN4O/c1-11-15(16(22)18-14-10-6-5-9-13(14)17)20-21(19-11)12-7-3-2-4-8-12/h2-10H,1H3,(H,18,22). The van der Waals surface area contributed by atoms with Gasteiger partial charge in [0.1, 0.15) is 0 Å². The van der Waals surface area contributed by atoms with E-state index < -0.39 is 0 Å². The normalized spacial score (nSPS) is 10.5. The largest absolute Gasteiger partial charge is 0.320 e. The monoisotopic (exact) mass is 404 g/mol. The van der Waals surface area contributed by atoms with Crippen molar-refractivity contribution in [2.24, 2.45) is 0 Å². The summed E-state index contributed by atoms with van der Waals surface area (Å²) >= 11 is 2.18. The van der Waals surface area contributed by atoms with Crippen molar-refractivity contribution in [3.63, 3.8) is 0 Å². The van der Waals surface area contributed by atoms with Crippen molar-refractivity contribution in [1.82, 2.24) is 15.0 Å². The molecule has 0 aliphatic heterocycles. The van der Waals surface area contributed by atoms with Gasteiger partial charge in [0.2, 0.25) is 0 Å². The Kier molecular flexibility index (Phi) is 4.19. The summed E-state index contributed by atoms with van der Waals surface area (Å²) in [5.74, 6) is -0.260. The van der Waals surface area contributed by atoms with E-state index in [-0.39, 0.29) is 5.91 Å². The van der Waals surface area contributed by atoms with Crippen LogP contribution in [0.2, 0.25) is 0 Å². The summed E-state index contributed by atoms with van der Waals surface area (Å²) in [6, 6.07) is 17.1. The van der Waals surface area contributed by atoms with E-state index in [2.05, 4.69) is 38.1 Å². The van der Waals surface area contributed by atoms with Gasteiger partial charge in [0.05, 0.1) is 17.1 Å². The molecule has 0 unspecified atom stereocenters. The fraction of sp³-hybridized carbons (Fsp3) is 0.0625. The number of nitrogens with zero attached hydrogens (tertiary/aromatic N) is 3. The molecule has 3 rings (SSSR count). The first kappa shape index (κ1) is 14.7. The second-order valence-corrected chi connectivity index (χ2v) is 5.86. The van der Waals surface area contributed by atoms with Gasteiger partial charge in [0.15, 0.2) is 5.69 Å². The summed E-state index contributed by atoms with van der Waals surface area (Å²) in [5.41, 5.74) is 2.50. The number of aryl methyl sites for hydroxylation is 1. The van der Waals surface area contributed by atoms with Gasteiger partial charge in [-0.2, -0.15) is 9.90 Å². The number of carbonyl (C=O) groups excluding carboxylic acids is 1. The number of aromatic nitrogens is 3. The molecule has 0 saturated heterocycles. The smallest absolute Gasteiger partial charge is 0.278 e. The van der Waals surface area contributed by atoms with Gasteiger partial charge in [0, 0.05) is 3.57 Å². The van der Waals surface area contributed by atoms with Gasteiger partial charge in [-0.25, -0.2) is 0 Å². The van der Waals surface area contributed by atoms with Crippen LogP contribution in [-0.4, -0.2) is 20.9 Å². The summed E-state index contributed by atoms with van der Waals surface area (Å²) < 4.78 is 0.974. The SMILES string of the molecule is Cc1nn(-c2ccccc2)nc1C(=O)Nc1ccccc1I. The van der Waals surface area contributed by atoms with Crippen molar-refractivity contribution >= 4 is 34.2 Å². The lowest BCUT2D eigenvalue weighted by Gasteiger charge is -2.05. The molecule has 22 heavy (non-hydrogen) atoms. The average molecular weight is 404 g/mol. The van der Waals surface area contributed by atoms with Crippen molar-refractivity contribution in [3.8, 4) is 5.69 Å². The van der Waals surface area contributed by atoms with E-state index in [0.717, 1.165) is 14.9 Å². The van der Waals surface area contributed by atoms with Gasteiger partial charge >= 0.3 is 0 Å². The van der Waals surface area contributed by atoms with Crippen molar-refractivity contribution in [2.75, 3.05) is 5.32 Å². The van der Waals surface area contributed by atoms with Crippen LogP contribution in [0.15, 0.2) is 54.6 Å². The highest BCUT2D eigenvalue weighted by atomic mass is 127. The highest BCUT2D eigenvalue weighted by molar-refractivity contribution is 14.1. The first-order valence-electron chi connectivity index (χ1n) is 6.70. The van der Waals surface area contributed by atoms with E-state index >= 15 is 0 Å². The highest BCUT2D eigenvalue weighted by Crippen LogP contribution is 2.18. The number of halogens is 1. The van der Waals surface area contributed by atoms with E-state index in [0.29, 0.717) is 11.4 Å². The summed E-state index contributed by atoms with van der Waals surface area (Å²) in [4.78, 5) is 13.9. The summed E-state index contributed by atoms with van der Waals surface area (Å²) in [5, 5.41) is 11.5.